The Morgan fingerprint density at radius 3 is 2.50 bits per heavy atom. The van der Waals surface area contributed by atoms with E-state index in [1.165, 1.54) is 44.2 Å². The number of aliphatic hydroxyl groups is 1. The van der Waals surface area contributed by atoms with Crippen molar-refractivity contribution in [3.63, 3.8) is 0 Å². The molecule has 390 valence electrons. The molecule has 11 rings (SSSR count). The summed E-state index contributed by atoms with van der Waals surface area (Å²) < 4.78 is 64.4. The molecule has 24 heteroatoms. The second kappa shape index (κ2) is 20.0. The maximum absolute atomic E-state index is 14.0. The molecule has 0 spiro atoms. The topological polar surface area (TPSA) is 291 Å². The van der Waals surface area contributed by atoms with E-state index in [4.69, 9.17) is 29.5 Å². The van der Waals surface area contributed by atoms with Crippen LogP contribution in [0.4, 0.5) is 11.5 Å². The fourth-order valence-electron chi connectivity index (χ4n) is 11.6. The molecule has 8 N–H and O–H groups in total. The second-order valence-electron chi connectivity index (χ2n) is 19.6. The van der Waals surface area contributed by atoms with Gasteiger partial charge in [-0.15, -0.1) is 0 Å². The number of carbonyl (C=O) groups is 1. The summed E-state index contributed by atoms with van der Waals surface area (Å²) in [6.07, 6.45) is 9.55. The third-order valence-electron chi connectivity index (χ3n) is 14.6. The number of carbonyl (C=O) groups excluding carboxylic acids is 1. The number of rotatable bonds is 14. The third kappa shape index (κ3) is 10.0. The highest BCUT2D eigenvalue weighted by atomic mass is 31.3. The molecule has 6 aliphatic rings. The number of aromatic nitrogens is 3. The van der Waals surface area contributed by atoms with Crippen molar-refractivity contribution in [1.82, 2.24) is 24.4 Å². The Bertz CT molecular complexity index is 3490. The first-order chi connectivity index (χ1) is 35.4. The number of ether oxygens (including phenoxy) is 2. The van der Waals surface area contributed by atoms with Crippen LogP contribution in [0, 0.1) is 18.8 Å². The Hall–Kier alpha value is -5.29. The Balaban J connectivity index is 0.778. The molecule has 8 heterocycles. The van der Waals surface area contributed by atoms with Crippen LogP contribution in [0.3, 0.4) is 0 Å². The number of anilines is 2. The number of aryl methyl sites for hydroxylation is 3. The molecular weight excluding hydrogens is 1020 g/mol. The summed E-state index contributed by atoms with van der Waals surface area (Å²) >= 11 is 0. The fourth-order valence-corrected chi connectivity index (χ4v) is 14.7. The SMILES string of the molecule is Cc1ccc(C(=O)NCCCCC#Cc2cn([C@@H]3O[C@H](COP(=O)(O)OP(=O)(O)OP(=O)(O)O)CC3O)c3ncnc(N)c23)cc1C1=c2cc3c4c(c2Oc2c1cc1c5c2CCCN5CCC1)CCC[N+]=4CCC3. The molecule has 21 nitrogen and oxygen atoms in total. The number of unbranched alkanes of at least 4 members (excludes halogenated alkanes) is 2. The molecule has 74 heavy (non-hydrogen) atoms. The zero-order valence-electron chi connectivity index (χ0n) is 40.6. The Morgan fingerprint density at radius 2 is 1.69 bits per heavy atom. The van der Waals surface area contributed by atoms with E-state index in [2.05, 4.69) is 76.4 Å². The van der Waals surface area contributed by atoms with E-state index in [-0.39, 0.29) is 23.8 Å². The van der Waals surface area contributed by atoms with Crippen LogP contribution >= 0.6 is 23.5 Å². The van der Waals surface area contributed by atoms with Crippen LogP contribution in [-0.2, 0) is 57.3 Å². The van der Waals surface area contributed by atoms with Crippen LogP contribution < -0.4 is 35.8 Å². The maximum atomic E-state index is 14.0. The van der Waals surface area contributed by atoms with Gasteiger partial charge in [0.25, 0.3) is 5.91 Å². The zero-order chi connectivity index (χ0) is 51.7. The van der Waals surface area contributed by atoms with Gasteiger partial charge in [0.15, 0.2) is 6.23 Å². The molecule has 1 saturated heterocycles. The van der Waals surface area contributed by atoms with Gasteiger partial charge in [0.05, 0.1) is 29.2 Å². The van der Waals surface area contributed by atoms with Gasteiger partial charge >= 0.3 is 23.5 Å². The molecule has 0 saturated carbocycles. The van der Waals surface area contributed by atoms with Gasteiger partial charge in [-0.25, -0.2) is 28.2 Å². The first-order valence-electron chi connectivity index (χ1n) is 25.0. The van der Waals surface area contributed by atoms with Crippen molar-refractivity contribution in [3.8, 4) is 23.3 Å². The molecule has 3 aromatic carbocycles. The minimum atomic E-state index is -5.72. The van der Waals surface area contributed by atoms with Gasteiger partial charge in [0.1, 0.15) is 48.5 Å². The first kappa shape index (κ1) is 50.8. The van der Waals surface area contributed by atoms with Gasteiger partial charge in [-0.05, 0) is 99.2 Å². The van der Waals surface area contributed by atoms with Gasteiger partial charge in [-0.2, -0.15) is 8.62 Å². The summed E-state index contributed by atoms with van der Waals surface area (Å²) in [4.78, 5) is 61.9. The van der Waals surface area contributed by atoms with E-state index < -0.39 is 48.5 Å². The van der Waals surface area contributed by atoms with Crippen LogP contribution in [0.25, 0.3) is 16.6 Å². The largest absolute Gasteiger partial charge is 0.490 e. The van der Waals surface area contributed by atoms with Gasteiger partial charge in [-0.3, -0.25) is 9.32 Å². The molecule has 1 fully saturated rings. The summed E-state index contributed by atoms with van der Waals surface area (Å²) in [7, 11) is -16.7. The maximum Gasteiger partial charge on any atom is 0.490 e. The summed E-state index contributed by atoms with van der Waals surface area (Å²) in [6.45, 7) is 6.10. The minimum absolute atomic E-state index is 0.125. The van der Waals surface area contributed by atoms with Crippen molar-refractivity contribution >= 4 is 57.5 Å². The number of phosphoric acid groups is 3. The van der Waals surface area contributed by atoms with Crippen molar-refractivity contribution in [2.45, 2.75) is 102 Å². The molecule has 3 unspecified atom stereocenters. The van der Waals surface area contributed by atoms with Crippen molar-refractivity contribution in [2.24, 2.45) is 0 Å². The molecular formula is C50H57N7O14P3+. The summed E-state index contributed by atoms with van der Waals surface area (Å²) in [5.74, 6) is 8.22. The molecule has 0 aliphatic carbocycles. The molecule has 1 amide bonds. The zero-order valence-corrected chi connectivity index (χ0v) is 43.3. The van der Waals surface area contributed by atoms with Crippen molar-refractivity contribution in [3.05, 3.63) is 104 Å². The van der Waals surface area contributed by atoms with E-state index in [0.717, 1.165) is 117 Å². The van der Waals surface area contributed by atoms with E-state index in [0.29, 0.717) is 42.3 Å². The van der Waals surface area contributed by atoms with E-state index >= 15 is 0 Å². The van der Waals surface area contributed by atoms with Crippen molar-refractivity contribution in [2.75, 3.05) is 50.0 Å². The highest BCUT2D eigenvalue weighted by molar-refractivity contribution is 7.66. The average Bonchev–Trinajstić information content (AvgIpc) is 3.93. The first-order valence-corrected chi connectivity index (χ1v) is 29.5. The van der Waals surface area contributed by atoms with Gasteiger partial charge in [0, 0.05) is 90.2 Å². The number of nitrogens with one attached hydrogen (secondary N) is 1. The number of nitrogens with zero attached hydrogens (tertiary/aromatic N) is 5. The van der Waals surface area contributed by atoms with E-state index in [9.17, 15) is 33.4 Å². The third-order valence-corrected chi connectivity index (χ3v) is 18.4. The molecule has 5 atom stereocenters. The Labute approximate surface area is 425 Å². The number of amides is 1. The highest BCUT2D eigenvalue weighted by Gasteiger charge is 2.43. The number of nitrogen functional groups attached to an aromatic ring is 1. The van der Waals surface area contributed by atoms with Crippen LogP contribution in [0.15, 0.2) is 42.9 Å². The summed E-state index contributed by atoms with van der Waals surface area (Å²) in [5, 5.41) is 17.0. The number of aliphatic hydroxyl groups excluding tert-OH is 1. The number of nitrogens with two attached hydrogens (primary N) is 1. The monoisotopic (exact) mass is 1070 g/mol. The van der Waals surface area contributed by atoms with Gasteiger partial charge in [-0.1, -0.05) is 17.9 Å². The van der Waals surface area contributed by atoms with Crippen LogP contribution in [-0.4, -0.2) is 96.7 Å². The molecule has 2 aromatic heterocycles. The van der Waals surface area contributed by atoms with Crippen LogP contribution in [0.2, 0.25) is 0 Å². The van der Waals surface area contributed by atoms with Gasteiger partial charge in [0.2, 0.25) is 5.36 Å². The van der Waals surface area contributed by atoms with E-state index in [1.54, 1.807) is 6.20 Å². The number of phosphoric ester groups is 1. The predicted molar refractivity (Wildman–Crippen MR) is 271 cm³/mol. The van der Waals surface area contributed by atoms with Crippen molar-refractivity contribution in [1.29, 1.82) is 0 Å². The molecule has 6 aliphatic heterocycles. The quantitative estimate of drug-likeness (QED) is 0.0337. The van der Waals surface area contributed by atoms with Gasteiger partial charge < -0.3 is 54.7 Å². The van der Waals surface area contributed by atoms with Crippen molar-refractivity contribution < 1.29 is 65.8 Å². The Kier molecular flexibility index (Phi) is 13.8. The lowest BCUT2D eigenvalue weighted by molar-refractivity contribution is -0.0478. The second-order valence-corrected chi connectivity index (χ2v) is 24.1. The number of hydrogen-bond donors (Lipinski definition) is 7. The molecule has 0 radical (unpaired) electrons. The normalized spacial score (nSPS) is 21.3. The number of benzene rings is 3. The predicted octanol–water partition coefficient (Wildman–Crippen LogP) is 4.70. The Morgan fingerprint density at radius 1 is 0.919 bits per heavy atom. The fraction of sp³-hybridized carbons (Fsp3) is 0.440. The lowest BCUT2D eigenvalue weighted by atomic mass is 9.81. The van der Waals surface area contributed by atoms with Crippen LogP contribution in [0.1, 0.15) is 112 Å². The van der Waals surface area contributed by atoms with E-state index in [1.807, 2.05) is 6.07 Å². The summed E-state index contributed by atoms with van der Waals surface area (Å²) in [5.41, 5.74) is 18.8. The number of hydrogen-bond acceptors (Lipinski definition) is 14. The van der Waals surface area contributed by atoms with Crippen LogP contribution in [0.5, 0.6) is 11.5 Å². The molecule has 0 bridgehead atoms. The highest BCUT2D eigenvalue weighted by Crippen LogP contribution is 2.66. The minimum Gasteiger partial charge on any atom is -0.455 e. The lowest BCUT2D eigenvalue weighted by Crippen LogP contribution is -2.45. The lowest BCUT2D eigenvalue weighted by Gasteiger charge is -2.39. The standard InChI is InChI=1S/C50H56N7O14P3/c1-29-15-16-32(24-37(29)42-38-22-30-11-6-18-55-20-8-13-35(43(30)55)45(38)69-46-36-14-9-21-56-19-7-12-31(44(36)56)23-39(42)46)49(59)52-17-5-3-2-4-10-33-26-57(48-41(33)47(51)53-28-54-48)50-40(58)25-34(68-50)27-67-73(63,64)71-74(65,66)70-72(60,61)62/h15-16,22-24,26,28,34,40,50,58H,2-3,5-9,11-14,17-21,25,27H2,1H3,(H6-,51,52,53,54,59,60,61,62,63,64,65,66)/p+1/t34-,40?,50+/m0/s1. The summed E-state index contributed by atoms with van der Waals surface area (Å²) in [6, 6.07) is 10.8. The average molecular weight is 1070 g/mol. The molecule has 5 aromatic rings. The smallest absolute Gasteiger partial charge is 0.455 e. The number of fused-ring (bicyclic) bond motifs is 5.